The van der Waals surface area contributed by atoms with Crippen LogP contribution in [0.4, 0.5) is 18.9 Å². The number of fused-ring (bicyclic) bond motifs is 1. The molecule has 1 heterocycles. The predicted molar refractivity (Wildman–Crippen MR) is 90.1 cm³/mol. The maximum Gasteiger partial charge on any atom is 0.422 e. The molecule has 2 aromatic rings. The normalized spacial score (nSPS) is 16.3. The molecule has 0 aliphatic carbocycles. The summed E-state index contributed by atoms with van der Waals surface area (Å²) in [6.45, 7) is -1.35. The van der Waals surface area contributed by atoms with Gasteiger partial charge in [0.2, 0.25) is 5.91 Å². The lowest BCUT2D eigenvalue weighted by Gasteiger charge is -2.25. The van der Waals surface area contributed by atoms with Crippen LogP contribution in [0.3, 0.4) is 0 Å². The van der Waals surface area contributed by atoms with Crippen LogP contribution < -0.4 is 14.5 Å². The van der Waals surface area contributed by atoms with Gasteiger partial charge in [-0.25, -0.2) is 5.48 Å². The van der Waals surface area contributed by atoms with E-state index in [1.54, 1.807) is 17.6 Å². The minimum Gasteiger partial charge on any atom is -0.484 e. The van der Waals surface area contributed by atoms with Crippen molar-refractivity contribution in [3.63, 3.8) is 0 Å². The Kier molecular flexibility index (Phi) is 5.28. The van der Waals surface area contributed by atoms with Crippen LogP contribution in [0.5, 0.6) is 5.75 Å². The van der Waals surface area contributed by atoms with Crippen LogP contribution in [0.1, 0.15) is 18.0 Å². The Morgan fingerprint density at radius 3 is 2.54 bits per heavy atom. The lowest BCUT2D eigenvalue weighted by Crippen LogP contribution is -2.26. The average molecular weight is 384 g/mol. The van der Waals surface area contributed by atoms with Crippen molar-refractivity contribution in [2.24, 2.45) is 0 Å². The van der Waals surface area contributed by atoms with E-state index in [9.17, 15) is 18.0 Å². The Balaban J connectivity index is 1.80. The molecular weight excluding hydrogens is 369 g/mol. The first-order chi connectivity index (χ1) is 12.4. The molecule has 1 amide bonds. The number of hydrogen-bond donors (Lipinski definition) is 2. The van der Waals surface area contributed by atoms with Crippen molar-refractivity contribution in [2.45, 2.75) is 23.5 Å². The summed E-state index contributed by atoms with van der Waals surface area (Å²) in [5, 5.41) is 8.83. The molecule has 138 valence electrons. The Bertz CT molecular complexity index is 784. The monoisotopic (exact) mass is 384 g/mol. The van der Waals surface area contributed by atoms with Gasteiger partial charge in [0.05, 0.1) is 12.5 Å². The second-order valence-corrected chi connectivity index (χ2v) is 6.62. The zero-order chi connectivity index (χ0) is 18.7. The van der Waals surface area contributed by atoms with Crippen LogP contribution in [0, 0.1) is 0 Å². The molecule has 1 aliphatic heterocycles. The zero-order valence-electron chi connectivity index (χ0n) is 13.4. The Labute approximate surface area is 151 Å². The number of hydroxylamine groups is 1. The molecule has 2 aromatic carbocycles. The third kappa shape index (κ3) is 4.23. The summed E-state index contributed by atoms with van der Waals surface area (Å²) < 4.78 is 43.3. The quantitative estimate of drug-likeness (QED) is 0.462. The van der Waals surface area contributed by atoms with E-state index in [4.69, 9.17) is 9.94 Å². The fourth-order valence-electron chi connectivity index (χ4n) is 2.64. The second kappa shape index (κ2) is 7.46. The van der Waals surface area contributed by atoms with Crippen molar-refractivity contribution in [1.82, 2.24) is 5.48 Å². The molecule has 9 heteroatoms. The number of benzene rings is 2. The van der Waals surface area contributed by atoms with Crippen LogP contribution in [-0.2, 0) is 4.79 Å². The molecular formula is C17H15F3N2O3S. The lowest BCUT2D eigenvalue weighted by atomic mass is 10.0. The minimum atomic E-state index is -4.39. The number of amides is 1. The van der Waals surface area contributed by atoms with Crippen molar-refractivity contribution < 1.29 is 27.9 Å². The van der Waals surface area contributed by atoms with Gasteiger partial charge in [0.25, 0.3) is 0 Å². The van der Waals surface area contributed by atoms with E-state index in [-0.39, 0.29) is 18.2 Å². The molecule has 3 rings (SSSR count). The number of ether oxygens (including phenoxy) is 1. The number of halogens is 3. The van der Waals surface area contributed by atoms with Gasteiger partial charge in [-0.15, -0.1) is 0 Å². The first-order valence-electron chi connectivity index (χ1n) is 7.66. The molecule has 1 unspecified atom stereocenters. The van der Waals surface area contributed by atoms with Gasteiger partial charge >= 0.3 is 6.18 Å². The number of alkyl halides is 3. The minimum absolute atomic E-state index is 0.0346. The third-order valence-corrected chi connectivity index (χ3v) is 4.99. The molecule has 0 bridgehead atoms. The van der Waals surface area contributed by atoms with E-state index in [2.05, 4.69) is 0 Å². The highest BCUT2D eigenvalue weighted by Crippen LogP contribution is 2.48. The maximum atomic E-state index is 12.2. The zero-order valence-corrected chi connectivity index (χ0v) is 14.2. The summed E-state index contributed by atoms with van der Waals surface area (Å²) in [5.74, 6) is -0.417. The molecule has 0 saturated heterocycles. The van der Waals surface area contributed by atoms with Crippen molar-refractivity contribution in [2.75, 3.05) is 10.9 Å². The standard InChI is InChI=1S/C17H15F3N2O3S/c18-17(19,20)10-25-12-7-5-11(6-8-12)22-14(9-16(23)21-24)13-3-1-2-4-15(13)26-22/h1-8,14,24H,9-10H2,(H,21,23). The molecule has 1 aliphatic rings. The molecule has 0 aromatic heterocycles. The van der Waals surface area contributed by atoms with E-state index in [0.29, 0.717) is 5.69 Å². The van der Waals surface area contributed by atoms with Crippen molar-refractivity contribution in [1.29, 1.82) is 0 Å². The van der Waals surface area contributed by atoms with Gasteiger partial charge in [-0.3, -0.25) is 10.0 Å². The molecule has 26 heavy (non-hydrogen) atoms. The molecule has 0 spiro atoms. The Morgan fingerprint density at radius 2 is 1.88 bits per heavy atom. The molecule has 5 nitrogen and oxygen atoms in total. The fraction of sp³-hybridized carbons (Fsp3) is 0.235. The molecule has 1 atom stereocenters. The van der Waals surface area contributed by atoms with Crippen LogP contribution in [-0.4, -0.2) is 23.9 Å². The van der Waals surface area contributed by atoms with Gasteiger partial charge in [0.1, 0.15) is 5.75 Å². The number of rotatable bonds is 5. The van der Waals surface area contributed by atoms with E-state index in [1.807, 2.05) is 28.6 Å². The van der Waals surface area contributed by atoms with Crippen LogP contribution in [0.15, 0.2) is 53.4 Å². The van der Waals surface area contributed by atoms with Crippen LogP contribution in [0.25, 0.3) is 0 Å². The number of hydrogen-bond acceptors (Lipinski definition) is 5. The molecule has 0 saturated carbocycles. The van der Waals surface area contributed by atoms with Crippen molar-refractivity contribution in [3.05, 3.63) is 54.1 Å². The largest absolute Gasteiger partial charge is 0.484 e. The van der Waals surface area contributed by atoms with Crippen LogP contribution in [0.2, 0.25) is 0 Å². The first kappa shape index (κ1) is 18.4. The Morgan fingerprint density at radius 1 is 1.19 bits per heavy atom. The lowest BCUT2D eigenvalue weighted by molar-refractivity contribution is -0.153. The van der Waals surface area contributed by atoms with Gasteiger partial charge in [-0.05, 0) is 47.8 Å². The summed E-state index contributed by atoms with van der Waals surface area (Å²) in [4.78, 5) is 12.6. The highest BCUT2D eigenvalue weighted by Gasteiger charge is 2.33. The van der Waals surface area contributed by atoms with Gasteiger partial charge in [0.15, 0.2) is 6.61 Å². The van der Waals surface area contributed by atoms with Crippen molar-refractivity contribution in [3.8, 4) is 5.75 Å². The smallest absolute Gasteiger partial charge is 0.422 e. The number of nitrogens with zero attached hydrogens (tertiary/aromatic N) is 1. The second-order valence-electron chi connectivity index (χ2n) is 5.61. The highest BCUT2D eigenvalue weighted by molar-refractivity contribution is 8.01. The Hall–Kier alpha value is -2.39. The molecule has 0 radical (unpaired) electrons. The summed E-state index contributed by atoms with van der Waals surface area (Å²) in [6.07, 6.45) is -4.36. The van der Waals surface area contributed by atoms with E-state index in [0.717, 1.165) is 10.5 Å². The number of carbonyl (C=O) groups excluding carboxylic acids is 1. The highest BCUT2D eigenvalue weighted by atomic mass is 32.2. The molecule has 2 N–H and O–H groups in total. The van der Waals surface area contributed by atoms with Gasteiger partial charge < -0.3 is 9.04 Å². The third-order valence-electron chi connectivity index (χ3n) is 3.75. The van der Waals surface area contributed by atoms with E-state index in [1.165, 1.54) is 24.1 Å². The summed E-state index contributed by atoms with van der Waals surface area (Å²) >= 11 is 1.42. The van der Waals surface area contributed by atoms with E-state index < -0.39 is 18.7 Å². The van der Waals surface area contributed by atoms with Crippen molar-refractivity contribution >= 4 is 23.5 Å². The number of carbonyl (C=O) groups is 1. The van der Waals surface area contributed by atoms with E-state index >= 15 is 0 Å². The maximum absolute atomic E-state index is 12.2. The average Bonchev–Trinajstić information content (AvgIpc) is 2.98. The topological polar surface area (TPSA) is 61.8 Å². The summed E-state index contributed by atoms with van der Waals surface area (Å²) in [6, 6.07) is 13.4. The van der Waals surface area contributed by atoms with Gasteiger partial charge in [-0.2, -0.15) is 13.2 Å². The van der Waals surface area contributed by atoms with Gasteiger partial charge in [-0.1, -0.05) is 18.2 Å². The molecule has 0 fully saturated rings. The van der Waals surface area contributed by atoms with Crippen LogP contribution >= 0.6 is 11.9 Å². The number of anilines is 1. The summed E-state index contributed by atoms with van der Waals surface area (Å²) in [5.41, 5.74) is 3.29. The van der Waals surface area contributed by atoms with Gasteiger partial charge in [0, 0.05) is 10.6 Å². The SMILES string of the molecule is O=C(CC1c2ccccc2SN1c1ccc(OCC(F)(F)F)cc1)NO. The first-order valence-corrected chi connectivity index (χ1v) is 8.43. The number of nitrogens with one attached hydrogen (secondary N) is 1. The predicted octanol–water partition coefficient (Wildman–Crippen LogP) is 4.09. The summed E-state index contributed by atoms with van der Waals surface area (Å²) in [7, 11) is 0. The fourth-order valence-corrected chi connectivity index (χ4v) is 3.84.